The summed E-state index contributed by atoms with van der Waals surface area (Å²) in [4.78, 5) is 21.1. The summed E-state index contributed by atoms with van der Waals surface area (Å²) in [7, 11) is 0. The second-order valence-corrected chi connectivity index (χ2v) is 6.38. The van der Waals surface area contributed by atoms with Crippen molar-refractivity contribution in [3.05, 3.63) is 109 Å². The van der Waals surface area contributed by atoms with Crippen LogP contribution in [0.1, 0.15) is 15.9 Å². The second kappa shape index (κ2) is 8.80. The molecule has 0 bridgehead atoms. The van der Waals surface area contributed by atoms with Gasteiger partial charge in [0.05, 0.1) is 5.69 Å². The zero-order chi connectivity index (χ0) is 19.9. The number of rotatable bonds is 6. The number of nitrogens with zero attached hydrogens (tertiary/aromatic N) is 2. The van der Waals surface area contributed by atoms with Gasteiger partial charge in [0.1, 0.15) is 11.5 Å². The van der Waals surface area contributed by atoms with E-state index < -0.39 is 0 Å². The first-order valence-electron chi connectivity index (χ1n) is 9.25. The number of benzene rings is 2. The first kappa shape index (κ1) is 18.4. The average molecular weight is 381 g/mol. The Morgan fingerprint density at radius 3 is 2.34 bits per heavy atom. The van der Waals surface area contributed by atoms with Crippen molar-refractivity contribution in [1.82, 2.24) is 15.3 Å². The molecule has 0 atom stereocenters. The van der Waals surface area contributed by atoms with Crippen LogP contribution in [0.15, 0.2) is 97.5 Å². The highest BCUT2D eigenvalue weighted by molar-refractivity contribution is 5.94. The van der Waals surface area contributed by atoms with Crippen LogP contribution in [0.25, 0.3) is 11.3 Å². The van der Waals surface area contributed by atoms with Gasteiger partial charge in [-0.1, -0.05) is 24.3 Å². The van der Waals surface area contributed by atoms with Crippen molar-refractivity contribution in [2.45, 2.75) is 6.54 Å². The molecule has 1 N–H and O–H groups in total. The van der Waals surface area contributed by atoms with Gasteiger partial charge in [-0.3, -0.25) is 14.8 Å². The molecule has 5 heteroatoms. The van der Waals surface area contributed by atoms with Gasteiger partial charge in [-0.05, 0) is 60.2 Å². The first-order valence-corrected chi connectivity index (χ1v) is 9.25. The van der Waals surface area contributed by atoms with E-state index in [4.69, 9.17) is 4.74 Å². The highest BCUT2D eigenvalue weighted by atomic mass is 16.5. The van der Waals surface area contributed by atoms with Crippen LogP contribution in [0.3, 0.4) is 0 Å². The fourth-order valence-electron chi connectivity index (χ4n) is 2.92. The predicted octanol–water partition coefficient (Wildman–Crippen LogP) is 4.87. The molecule has 0 spiro atoms. The van der Waals surface area contributed by atoms with Crippen molar-refractivity contribution in [2.24, 2.45) is 0 Å². The number of pyridine rings is 2. The molecule has 5 nitrogen and oxygen atoms in total. The zero-order valence-electron chi connectivity index (χ0n) is 15.7. The topological polar surface area (TPSA) is 64.1 Å². The van der Waals surface area contributed by atoms with E-state index in [2.05, 4.69) is 15.3 Å². The van der Waals surface area contributed by atoms with Crippen LogP contribution in [0.5, 0.6) is 11.5 Å². The van der Waals surface area contributed by atoms with Gasteiger partial charge >= 0.3 is 0 Å². The van der Waals surface area contributed by atoms with Gasteiger partial charge in [0.2, 0.25) is 0 Å². The Kier molecular flexibility index (Phi) is 5.58. The minimum absolute atomic E-state index is 0.155. The van der Waals surface area contributed by atoms with E-state index >= 15 is 0 Å². The minimum Gasteiger partial charge on any atom is -0.457 e. The number of ether oxygens (including phenoxy) is 1. The van der Waals surface area contributed by atoms with Crippen molar-refractivity contribution in [2.75, 3.05) is 0 Å². The van der Waals surface area contributed by atoms with Crippen LogP contribution < -0.4 is 10.1 Å². The quantitative estimate of drug-likeness (QED) is 0.518. The van der Waals surface area contributed by atoms with Crippen LogP contribution in [0.4, 0.5) is 0 Å². The fraction of sp³-hybridized carbons (Fsp3) is 0.0417. The summed E-state index contributed by atoms with van der Waals surface area (Å²) in [6.07, 6.45) is 5.22. The lowest BCUT2D eigenvalue weighted by Gasteiger charge is -2.10. The first-order chi connectivity index (χ1) is 14.3. The monoisotopic (exact) mass is 381 g/mol. The predicted molar refractivity (Wildman–Crippen MR) is 112 cm³/mol. The Balaban J connectivity index is 1.42. The Morgan fingerprint density at radius 1 is 0.828 bits per heavy atom. The molecule has 2 aromatic carbocycles. The fourth-order valence-corrected chi connectivity index (χ4v) is 2.92. The third kappa shape index (κ3) is 4.65. The number of hydrogen-bond donors (Lipinski definition) is 1. The molecule has 0 radical (unpaired) electrons. The van der Waals surface area contributed by atoms with Gasteiger partial charge in [0.15, 0.2) is 0 Å². The number of hydrogen-bond acceptors (Lipinski definition) is 4. The summed E-state index contributed by atoms with van der Waals surface area (Å²) >= 11 is 0. The lowest BCUT2D eigenvalue weighted by molar-refractivity contribution is 0.0951. The molecule has 142 valence electrons. The Bertz CT molecular complexity index is 1080. The average Bonchev–Trinajstić information content (AvgIpc) is 2.79. The minimum atomic E-state index is -0.155. The maximum Gasteiger partial charge on any atom is 0.251 e. The standard InChI is InChI=1S/C24H19N3O2/c28-24(18-10-12-22(13-11-18)29-21-8-2-1-3-9-21)27-17-20-7-5-15-26-23(20)19-6-4-14-25-16-19/h1-16H,17H2,(H,27,28). The van der Waals surface area contributed by atoms with Crippen LogP contribution in [0, 0.1) is 0 Å². The highest BCUT2D eigenvalue weighted by Gasteiger charge is 2.10. The number of amides is 1. The molecule has 4 rings (SSSR count). The van der Waals surface area contributed by atoms with Gasteiger partial charge in [0, 0.05) is 36.3 Å². The maximum absolute atomic E-state index is 12.6. The van der Waals surface area contributed by atoms with Gasteiger partial charge in [-0.25, -0.2) is 0 Å². The smallest absolute Gasteiger partial charge is 0.251 e. The molecule has 0 aliphatic carbocycles. The van der Waals surface area contributed by atoms with E-state index in [9.17, 15) is 4.79 Å². The summed E-state index contributed by atoms with van der Waals surface area (Å²) in [6, 6.07) is 24.2. The SMILES string of the molecule is O=C(NCc1cccnc1-c1cccnc1)c1ccc(Oc2ccccc2)cc1. The van der Waals surface area contributed by atoms with Crippen molar-refractivity contribution in [1.29, 1.82) is 0 Å². The maximum atomic E-state index is 12.6. The number of para-hydroxylation sites is 1. The molecule has 4 aromatic rings. The van der Waals surface area contributed by atoms with Crippen molar-refractivity contribution in [3.63, 3.8) is 0 Å². The molecule has 0 fully saturated rings. The molecule has 1 amide bonds. The van der Waals surface area contributed by atoms with Crippen LogP contribution >= 0.6 is 0 Å². The second-order valence-electron chi connectivity index (χ2n) is 6.38. The van der Waals surface area contributed by atoms with Crippen molar-refractivity contribution < 1.29 is 9.53 Å². The molecule has 0 unspecified atom stereocenters. The molecule has 0 saturated heterocycles. The van der Waals surface area contributed by atoms with Crippen LogP contribution in [-0.2, 0) is 6.54 Å². The molecular weight excluding hydrogens is 362 g/mol. The van der Waals surface area contributed by atoms with Gasteiger partial charge in [0.25, 0.3) is 5.91 Å². The number of carbonyl (C=O) groups excluding carboxylic acids is 1. The lowest BCUT2D eigenvalue weighted by Crippen LogP contribution is -2.23. The summed E-state index contributed by atoms with van der Waals surface area (Å²) in [6.45, 7) is 0.374. The zero-order valence-corrected chi connectivity index (χ0v) is 15.7. The molecular formula is C24H19N3O2. The van der Waals surface area contributed by atoms with Crippen LogP contribution in [-0.4, -0.2) is 15.9 Å². The molecule has 0 saturated carbocycles. The summed E-state index contributed by atoms with van der Waals surface area (Å²) in [5.74, 6) is 1.28. The molecule has 2 aromatic heterocycles. The Hall–Kier alpha value is -3.99. The number of aromatic nitrogens is 2. The number of carbonyl (C=O) groups is 1. The third-order valence-electron chi connectivity index (χ3n) is 4.36. The van der Waals surface area contributed by atoms with E-state index in [1.807, 2.05) is 54.6 Å². The van der Waals surface area contributed by atoms with Crippen LogP contribution in [0.2, 0.25) is 0 Å². The van der Waals surface area contributed by atoms with Gasteiger partial charge < -0.3 is 10.1 Å². The van der Waals surface area contributed by atoms with E-state index in [0.29, 0.717) is 17.9 Å². The van der Waals surface area contributed by atoms with E-state index in [1.165, 1.54) is 0 Å². The Morgan fingerprint density at radius 2 is 1.59 bits per heavy atom. The Labute approximate surface area is 169 Å². The van der Waals surface area contributed by atoms with E-state index in [1.54, 1.807) is 42.9 Å². The van der Waals surface area contributed by atoms with E-state index in [-0.39, 0.29) is 5.91 Å². The van der Waals surface area contributed by atoms with E-state index in [0.717, 1.165) is 22.6 Å². The van der Waals surface area contributed by atoms with Gasteiger partial charge in [-0.15, -0.1) is 0 Å². The molecule has 2 heterocycles. The number of nitrogens with one attached hydrogen (secondary N) is 1. The summed E-state index contributed by atoms with van der Waals surface area (Å²) in [5.41, 5.74) is 3.22. The molecule has 29 heavy (non-hydrogen) atoms. The largest absolute Gasteiger partial charge is 0.457 e. The van der Waals surface area contributed by atoms with Gasteiger partial charge in [-0.2, -0.15) is 0 Å². The highest BCUT2D eigenvalue weighted by Crippen LogP contribution is 2.22. The molecule has 0 aliphatic heterocycles. The summed E-state index contributed by atoms with van der Waals surface area (Å²) < 4.78 is 5.76. The van der Waals surface area contributed by atoms with Crippen molar-refractivity contribution in [3.8, 4) is 22.8 Å². The molecule has 0 aliphatic rings. The third-order valence-corrected chi connectivity index (χ3v) is 4.36. The normalized spacial score (nSPS) is 10.3. The summed E-state index contributed by atoms with van der Waals surface area (Å²) in [5, 5.41) is 2.95. The van der Waals surface area contributed by atoms with Crippen molar-refractivity contribution >= 4 is 5.91 Å². The lowest BCUT2D eigenvalue weighted by atomic mass is 10.1.